The highest BCUT2D eigenvalue weighted by Gasteiger charge is 2.74. The number of fused-ring (bicyclic) bond motifs is 5. The zero-order valence-corrected chi connectivity index (χ0v) is 29.3. The molecule has 3 fully saturated rings. The zero-order valence-electron chi connectivity index (χ0n) is 29.3. The highest BCUT2D eigenvalue weighted by molar-refractivity contribution is 6.02. The molecule has 0 radical (unpaired) electrons. The molecule has 0 aromatic heterocycles. The van der Waals surface area contributed by atoms with E-state index in [1.807, 2.05) is 26.8 Å². The van der Waals surface area contributed by atoms with Crippen molar-refractivity contribution < 1.29 is 59.6 Å². The van der Waals surface area contributed by atoms with E-state index >= 15 is 0 Å². The van der Waals surface area contributed by atoms with Crippen molar-refractivity contribution in [3.8, 4) is 0 Å². The van der Waals surface area contributed by atoms with Crippen LogP contribution in [0.2, 0.25) is 0 Å². The standard InChI is InChI=1S/C36H54O12/c1-31(2,45)12-11-23(39)36(8,46)28-19(38)14-33(5)22-10-9-17-18(35(22,7)24(40)15-34(28,33)6)13-20(29(44)32(17,3)4)47-30-27(43)26(42)25(41)21(16-37)48-30/h9,13,18-19,21-22,25-28,30,37-38,41-43,45-46H,10-12,14-16H2,1-8H3/t18-,19+,21-,22+,25-,26+,27-,28+,30-,33-,34+,35-,36-/m0/s1. The molecule has 5 aliphatic rings. The number of aliphatic hydroxyl groups is 7. The summed E-state index contributed by atoms with van der Waals surface area (Å²) in [5.41, 5.74) is -6.30. The van der Waals surface area contributed by atoms with Crippen LogP contribution >= 0.6 is 0 Å². The molecule has 7 N–H and O–H groups in total. The van der Waals surface area contributed by atoms with Crippen molar-refractivity contribution >= 4 is 17.3 Å². The zero-order chi connectivity index (χ0) is 36.2. The maximum absolute atomic E-state index is 14.7. The van der Waals surface area contributed by atoms with Gasteiger partial charge < -0.3 is 45.2 Å². The second-order valence-electron chi connectivity index (χ2n) is 17.1. The Kier molecular flexibility index (Phi) is 9.12. The van der Waals surface area contributed by atoms with Crippen molar-refractivity contribution in [3.05, 3.63) is 23.5 Å². The summed E-state index contributed by atoms with van der Waals surface area (Å²) in [5, 5.41) is 74.5. The summed E-state index contributed by atoms with van der Waals surface area (Å²) in [6.07, 6.45) is -4.80. The van der Waals surface area contributed by atoms with Gasteiger partial charge in [0, 0.05) is 30.1 Å². The molecule has 13 atom stereocenters. The molecule has 0 aromatic carbocycles. The van der Waals surface area contributed by atoms with E-state index in [4.69, 9.17) is 9.47 Å². The number of allylic oxidation sites excluding steroid dienone is 4. The Hall–Kier alpha value is -2.03. The molecule has 0 bridgehead atoms. The summed E-state index contributed by atoms with van der Waals surface area (Å²) >= 11 is 0. The van der Waals surface area contributed by atoms with Crippen LogP contribution in [0.15, 0.2) is 23.5 Å². The van der Waals surface area contributed by atoms with Crippen LogP contribution in [0.5, 0.6) is 0 Å². The molecule has 0 aromatic rings. The van der Waals surface area contributed by atoms with Gasteiger partial charge in [0.1, 0.15) is 35.8 Å². The number of rotatable bonds is 8. The third-order valence-corrected chi connectivity index (χ3v) is 13.2. The lowest BCUT2D eigenvalue weighted by molar-refractivity contribution is -0.291. The van der Waals surface area contributed by atoms with Crippen molar-refractivity contribution in [1.29, 1.82) is 0 Å². The number of aliphatic hydroxyl groups excluding tert-OH is 5. The summed E-state index contributed by atoms with van der Waals surface area (Å²) in [6, 6.07) is 0. The SMILES string of the molecule is CC(C)(O)CCC(=O)[C@](C)(O)[C@@H]1[C@H](O)C[C@@]2(C)[C@H]3CC=C4[C@H](C=C(O[C@H]5O[C@@H](CO)[C@H](O)[C@@H](O)[C@@H]5O)C(=O)C4(C)C)[C@]3(C)C(=O)C[C@]12C. The molecule has 1 heterocycles. The summed E-state index contributed by atoms with van der Waals surface area (Å²) in [5.74, 6) is -3.21. The molecular weight excluding hydrogens is 624 g/mol. The minimum Gasteiger partial charge on any atom is -0.459 e. The van der Waals surface area contributed by atoms with Crippen molar-refractivity contribution in [2.75, 3.05) is 6.61 Å². The van der Waals surface area contributed by atoms with Gasteiger partial charge >= 0.3 is 0 Å². The number of ether oxygens (including phenoxy) is 2. The van der Waals surface area contributed by atoms with Gasteiger partial charge in [-0.2, -0.15) is 0 Å². The molecule has 1 saturated heterocycles. The van der Waals surface area contributed by atoms with E-state index in [2.05, 4.69) is 0 Å². The normalized spacial score (nSPS) is 45.3. The third kappa shape index (κ3) is 5.28. The number of carbonyl (C=O) groups excluding carboxylic acids is 3. The van der Waals surface area contributed by atoms with Crippen LogP contribution in [0.4, 0.5) is 0 Å². The molecule has 12 nitrogen and oxygen atoms in total. The van der Waals surface area contributed by atoms with E-state index in [9.17, 15) is 50.1 Å². The van der Waals surface area contributed by atoms with E-state index in [1.165, 1.54) is 6.92 Å². The molecule has 48 heavy (non-hydrogen) atoms. The average Bonchev–Trinajstić information content (AvgIpc) is 3.19. The van der Waals surface area contributed by atoms with Crippen LogP contribution in [0.25, 0.3) is 0 Å². The Morgan fingerprint density at radius 1 is 0.979 bits per heavy atom. The topological polar surface area (TPSA) is 211 Å². The molecule has 0 spiro atoms. The third-order valence-electron chi connectivity index (χ3n) is 13.2. The Bertz CT molecular complexity index is 1410. The Labute approximate surface area is 281 Å². The summed E-state index contributed by atoms with van der Waals surface area (Å²) in [6.45, 7) is 13.1. The Balaban J connectivity index is 1.53. The van der Waals surface area contributed by atoms with Gasteiger partial charge in [0.25, 0.3) is 0 Å². The van der Waals surface area contributed by atoms with Crippen LogP contribution in [-0.4, -0.2) is 108 Å². The predicted octanol–water partition coefficient (Wildman–Crippen LogP) is 1.10. The van der Waals surface area contributed by atoms with Crippen LogP contribution in [0.3, 0.4) is 0 Å². The van der Waals surface area contributed by atoms with Gasteiger partial charge in [-0.3, -0.25) is 14.4 Å². The fraction of sp³-hybridized carbons (Fsp3) is 0.806. The highest BCUT2D eigenvalue weighted by Crippen LogP contribution is 2.74. The number of hydrogen-bond donors (Lipinski definition) is 7. The van der Waals surface area contributed by atoms with Crippen LogP contribution in [0.1, 0.15) is 87.5 Å². The predicted molar refractivity (Wildman–Crippen MR) is 171 cm³/mol. The highest BCUT2D eigenvalue weighted by atomic mass is 16.7. The minimum atomic E-state index is -1.97. The molecule has 0 amide bonds. The average molecular weight is 679 g/mol. The first-order chi connectivity index (χ1) is 21.9. The molecule has 2 saturated carbocycles. The van der Waals surface area contributed by atoms with Crippen molar-refractivity contribution in [1.82, 2.24) is 0 Å². The van der Waals surface area contributed by atoms with E-state index in [-0.39, 0.29) is 43.1 Å². The smallest absolute Gasteiger partial charge is 0.229 e. The van der Waals surface area contributed by atoms with Crippen molar-refractivity contribution in [3.63, 3.8) is 0 Å². The fourth-order valence-electron chi connectivity index (χ4n) is 10.2. The lowest BCUT2D eigenvalue weighted by Crippen LogP contribution is -2.64. The lowest BCUT2D eigenvalue weighted by atomic mass is 9.39. The molecule has 1 aliphatic heterocycles. The first kappa shape index (κ1) is 37.2. The Morgan fingerprint density at radius 3 is 2.19 bits per heavy atom. The molecule has 4 aliphatic carbocycles. The van der Waals surface area contributed by atoms with Gasteiger partial charge in [-0.05, 0) is 76.7 Å². The van der Waals surface area contributed by atoms with E-state index < -0.39 is 99.7 Å². The number of Topliss-reactive ketones (excluding diaryl/α,β-unsaturated/α-hetero) is 3. The van der Waals surface area contributed by atoms with Gasteiger partial charge in [-0.25, -0.2) is 0 Å². The molecule has 270 valence electrons. The van der Waals surface area contributed by atoms with E-state index in [1.54, 1.807) is 33.8 Å². The molecule has 0 unspecified atom stereocenters. The largest absolute Gasteiger partial charge is 0.459 e. The van der Waals surface area contributed by atoms with Gasteiger partial charge in [-0.1, -0.05) is 32.4 Å². The van der Waals surface area contributed by atoms with E-state index in [0.717, 1.165) is 5.57 Å². The van der Waals surface area contributed by atoms with E-state index in [0.29, 0.717) is 6.42 Å². The number of carbonyl (C=O) groups is 3. The maximum Gasteiger partial charge on any atom is 0.229 e. The van der Waals surface area contributed by atoms with Gasteiger partial charge in [0.05, 0.1) is 23.7 Å². The first-order valence-electron chi connectivity index (χ1n) is 17.0. The van der Waals surface area contributed by atoms with Gasteiger partial charge in [0.15, 0.2) is 11.5 Å². The van der Waals surface area contributed by atoms with Gasteiger partial charge in [-0.15, -0.1) is 0 Å². The molecule has 5 rings (SSSR count). The second-order valence-corrected chi connectivity index (χ2v) is 17.1. The summed E-state index contributed by atoms with van der Waals surface area (Å²) in [4.78, 5) is 42.0. The maximum atomic E-state index is 14.7. The summed E-state index contributed by atoms with van der Waals surface area (Å²) < 4.78 is 11.5. The Morgan fingerprint density at radius 2 is 1.60 bits per heavy atom. The van der Waals surface area contributed by atoms with Gasteiger partial charge in [0.2, 0.25) is 12.1 Å². The lowest BCUT2D eigenvalue weighted by Gasteiger charge is -2.63. The summed E-state index contributed by atoms with van der Waals surface area (Å²) in [7, 11) is 0. The first-order valence-corrected chi connectivity index (χ1v) is 17.0. The minimum absolute atomic E-state index is 0.0396. The molecule has 12 heteroatoms. The van der Waals surface area contributed by atoms with Crippen molar-refractivity contribution in [2.45, 2.75) is 136 Å². The number of ketones is 3. The second kappa shape index (κ2) is 11.8. The van der Waals surface area contributed by atoms with Crippen LogP contribution in [-0.2, 0) is 23.9 Å². The van der Waals surface area contributed by atoms with Crippen molar-refractivity contribution in [2.24, 2.45) is 39.4 Å². The molecular formula is C36H54O12. The number of hydrogen-bond acceptors (Lipinski definition) is 12. The van der Waals surface area contributed by atoms with Crippen LogP contribution < -0.4 is 0 Å². The quantitative estimate of drug-likeness (QED) is 0.180. The van der Waals surface area contributed by atoms with Crippen LogP contribution in [0, 0.1) is 39.4 Å². The fourth-order valence-corrected chi connectivity index (χ4v) is 10.2. The monoisotopic (exact) mass is 678 g/mol.